The summed E-state index contributed by atoms with van der Waals surface area (Å²) in [6.07, 6.45) is 2.77. The van der Waals surface area contributed by atoms with Crippen LogP contribution >= 0.6 is 0 Å². The van der Waals surface area contributed by atoms with Crippen molar-refractivity contribution in [3.05, 3.63) is 35.6 Å². The highest BCUT2D eigenvalue weighted by atomic mass is 19.1. The van der Waals surface area contributed by atoms with Crippen LogP contribution in [0, 0.1) is 17.7 Å². The molecular formula is C17H27FN2. The first-order valence-corrected chi connectivity index (χ1v) is 7.79. The predicted octanol–water partition coefficient (Wildman–Crippen LogP) is 3.45. The minimum Gasteiger partial charge on any atom is -0.313 e. The summed E-state index contributed by atoms with van der Waals surface area (Å²) in [4.78, 5) is 2.51. The number of hydrogen-bond acceptors (Lipinski definition) is 2. The average molecular weight is 278 g/mol. The first-order valence-electron chi connectivity index (χ1n) is 7.79. The van der Waals surface area contributed by atoms with Gasteiger partial charge >= 0.3 is 0 Å². The molecule has 3 heteroatoms. The van der Waals surface area contributed by atoms with Gasteiger partial charge in [-0.2, -0.15) is 0 Å². The predicted molar refractivity (Wildman–Crippen MR) is 82.2 cm³/mol. The lowest BCUT2D eigenvalue weighted by Crippen LogP contribution is -2.36. The van der Waals surface area contributed by atoms with Gasteiger partial charge < -0.3 is 10.2 Å². The number of rotatable bonds is 8. The molecule has 0 radical (unpaired) electrons. The van der Waals surface area contributed by atoms with Crippen LogP contribution in [-0.2, 0) is 0 Å². The van der Waals surface area contributed by atoms with Crippen molar-refractivity contribution >= 4 is 0 Å². The van der Waals surface area contributed by atoms with Crippen LogP contribution in [0.1, 0.15) is 38.3 Å². The highest BCUT2D eigenvalue weighted by Gasteiger charge is 2.26. The lowest BCUT2D eigenvalue weighted by molar-refractivity contribution is 0.214. The number of nitrogens with one attached hydrogen (secondary N) is 1. The summed E-state index contributed by atoms with van der Waals surface area (Å²) >= 11 is 0. The third-order valence-electron chi connectivity index (χ3n) is 4.33. The zero-order valence-corrected chi connectivity index (χ0v) is 12.9. The fourth-order valence-corrected chi connectivity index (χ4v) is 2.98. The van der Waals surface area contributed by atoms with Crippen LogP contribution in [0.15, 0.2) is 24.3 Å². The summed E-state index contributed by atoms with van der Waals surface area (Å²) in [7, 11) is 1.92. The van der Waals surface area contributed by atoms with Crippen molar-refractivity contribution in [2.45, 2.75) is 32.7 Å². The average Bonchev–Trinajstić information content (AvgIpc) is 3.25. The summed E-state index contributed by atoms with van der Waals surface area (Å²) < 4.78 is 14.0. The first-order chi connectivity index (χ1) is 9.65. The third-order valence-corrected chi connectivity index (χ3v) is 4.33. The summed E-state index contributed by atoms with van der Waals surface area (Å²) in [5, 5.41) is 3.29. The second-order valence-electron chi connectivity index (χ2n) is 6.06. The van der Waals surface area contributed by atoms with E-state index in [1.165, 1.54) is 19.4 Å². The Labute approximate surface area is 122 Å². The minimum atomic E-state index is -0.107. The molecule has 0 amide bonds. The monoisotopic (exact) mass is 278 g/mol. The topological polar surface area (TPSA) is 15.3 Å². The van der Waals surface area contributed by atoms with Gasteiger partial charge in [-0.3, -0.25) is 0 Å². The van der Waals surface area contributed by atoms with Crippen molar-refractivity contribution in [2.75, 3.05) is 26.7 Å². The SMILES string of the molecule is CCN(CC1CC1)CC(C)C(NC)c1ccccc1F. The molecule has 112 valence electrons. The Morgan fingerprint density at radius 1 is 1.35 bits per heavy atom. The number of halogens is 1. The molecule has 1 aliphatic carbocycles. The van der Waals surface area contributed by atoms with E-state index in [0.29, 0.717) is 5.92 Å². The van der Waals surface area contributed by atoms with Gasteiger partial charge in [0.25, 0.3) is 0 Å². The fourth-order valence-electron chi connectivity index (χ4n) is 2.98. The third kappa shape index (κ3) is 4.03. The van der Waals surface area contributed by atoms with E-state index in [-0.39, 0.29) is 11.9 Å². The molecule has 2 nitrogen and oxygen atoms in total. The normalized spacial score (nSPS) is 18.2. The summed E-state index contributed by atoms with van der Waals surface area (Å²) in [5.41, 5.74) is 0.782. The second kappa shape index (κ2) is 7.19. The van der Waals surface area contributed by atoms with Gasteiger partial charge in [0.2, 0.25) is 0 Å². The molecule has 0 saturated heterocycles. The maximum absolute atomic E-state index is 14.0. The quantitative estimate of drug-likeness (QED) is 0.783. The largest absolute Gasteiger partial charge is 0.313 e. The van der Waals surface area contributed by atoms with Crippen LogP contribution < -0.4 is 5.32 Å². The Hall–Kier alpha value is -0.930. The van der Waals surface area contributed by atoms with Gasteiger partial charge in [0.15, 0.2) is 0 Å². The van der Waals surface area contributed by atoms with Gasteiger partial charge in [-0.05, 0) is 44.3 Å². The van der Waals surface area contributed by atoms with E-state index >= 15 is 0 Å². The van der Waals surface area contributed by atoms with E-state index in [2.05, 4.69) is 24.1 Å². The Balaban J connectivity index is 2.00. The van der Waals surface area contributed by atoms with Gasteiger partial charge in [-0.25, -0.2) is 4.39 Å². The zero-order chi connectivity index (χ0) is 14.5. The Morgan fingerprint density at radius 2 is 2.05 bits per heavy atom. The van der Waals surface area contributed by atoms with Gasteiger partial charge in [0.05, 0.1) is 0 Å². The molecule has 2 rings (SSSR count). The molecule has 0 bridgehead atoms. The van der Waals surface area contributed by atoms with Crippen molar-refractivity contribution in [3.8, 4) is 0 Å². The molecule has 1 N–H and O–H groups in total. The first kappa shape index (κ1) is 15.5. The van der Waals surface area contributed by atoms with Crippen molar-refractivity contribution in [1.29, 1.82) is 0 Å². The summed E-state index contributed by atoms with van der Waals surface area (Å²) in [6.45, 7) is 7.73. The van der Waals surface area contributed by atoms with E-state index in [9.17, 15) is 4.39 Å². The van der Waals surface area contributed by atoms with Crippen LogP contribution in [0.2, 0.25) is 0 Å². The molecule has 1 aliphatic rings. The van der Waals surface area contributed by atoms with E-state index in [0.717, 1.165) is 24.6 Å². The molecule has 0 spiro atoms. The minimum absolute atomic E-state index is 0.0736. The molecule has 1 aromatic rings. The Bertz CT molecular complexity index is 417. The van der Waals surface area contributed by atoms with E-state index < -0.39 is 0 Å². The number of benzene rings is 1. The molecule has 2 atom stereocenters. The van der Waals surface area contributed by atoms with Gasteiger partial charge in [0, 0.05) is 24.7 Å². The summed E-state index contributed by atoms with van der Waals surface area (Å²) in [6, 6.07) is 7.18. The fraction of sp³-hybridized carbons (Fsp3) is 0.647. The summed E-state index contributed by atoms with van der Waals surface area (Å²) in [5.74, 6) is 1.18. The number of hydrogen-bond donors (Lipinski definition) is 1. The second-order valence-corrected chi connectivity index (χ2v) is 6.06. The molecular weight excluding hydrogens is 251 g/mol. The Kier molecular flexibility index (Phi) is 5.55. The van der Waals surface area contributed by atoms with Crippen LogP contribution in [0.4, 0.5) is 4.39 Å². The molecule has 20 heavy (non-hydrogen) atoms. The van der Waals surface area contributed by atoms with Crippen LogP contribution in [0.5, 0.6) is 0 Å². The highest BCUT2D eigenvalue weighted by Crippen LogP contribution is 2.31. The zero-order valence-electron chi connectivity index (χ0n) is 12.9. The van der Waals surface area contributed by atoms with Gasteiger partial charge in [0.1, 0.15) is 5.82 Å². The lowest BCUT2D eigenvalue weighted by Gasteiger charge is -2.30. The molecule has 1 aromatic carbocycles. The van der Waals surface area contributed by atoms with Crippen molar-refractivity contribution in [1.82, 2.24) is 10.2 Å². The van der Waals surface area contributed by atoms with E-state index in [4.69, 9.17) is 0 Å². The molecule has 1 fully saturated rings. The standard InChI is InChI=1S/C17H27FN2/c1-4-20(12-14-9-10-14)11-13(2)17(19-3)15-7-5-6-8-16(15)18/h5-8,13-14,17,19H,4,9-12H2,1-3H3. The lowest BCUT2D eigenvalue weighted by atomic mass is 9.93. The van der Waals surface area contributed by atoms with Gasteiger partial charge in [-0.1, -0.05) is 32.0 Å². The van der Waals surface area contributed by atoms with Crippen molar-refractivity contribution in [3.63, 3.8) is 0 Å². The molecule has 0 heterocycles. The maximum atomic E-state index is 14.0. The van der Waals surface area contributed by atoms with Crippen LogP contribution in [-0.4, -0.2) is 31.6 Å². The van der Waals surface area contributed by atoms with Crippen molar-refractivity contribution in [2.24, 2.45) is 11.8 Å². The molecule has 2 unspecified atom stereocenters. The Morgan fingerprint density at radius 3 is 2.60 bits per heavy atom. The van der Waals surface area contributed by atoms with E-state index in [1.54, 1.807) is 12.1 Å². The van der Waals surface area contributed by atoms with Crippen molar-refractivity contribution < 1.29 is 4.39 Å². The number of nitrogens with zero attached hydrogens (tertiary/aromatic N) is 1. The van der Waals surface area contributed by atoms with Crippen LogP contribution in [0.25, 0.3) is 0 Å². The highest BCUT2D eigenvalue weighted by molar-refractivity contribution is 5.21. The van der Waals surface area contributed by atoms with Gasteiger partial charge in [-0.15, -0.1) is 0 Å². The van der Waals surface area contributed by atoms with E-state index in [1.807, 2.05) is 19.2 Å². The molecule has 1 saturated carbocycles. The van der Waals surface area contributed by atoms with Crippen LogP contribution in [0.3, 0.4) is 0 Å². The maximum Gasteiger partial charge on any atom is 0.127 e. The molecule has 0 aromatic heterocycles. The molecule has 0 aliphatic heterocycles. The smallest absolute Gasteiger partial charge is 0.127 e.